The van der Waals surface area contributed by atoms with E-state index in [2.05, 4.69) is 21.8 Å². The van der Waals surface area contributed by atoms with E-state index in [0.717, 1.165) is 31.9 Å². The molecule has 0 atom stereocenters. The molecule has 1 saturated heterocycles. The van der Waals surface area contributed by atoms with Crippen molar-refractivity contribution >= 4 is 11.7 Å². The topological polar surface area (TPSA) is 59.5 Å². The van der Waals surface area contributed by atoms with Gasteiger partial charge < -0.3 is 19.7 Å². The standard InChI is InChI=1S/C11H15N3O2.K/c1-13-4-6-14(7-5-13)9-2-3-12-10(8-9)11(15)16;/h2-3,8H,4-7H2,1H3,(H,15,16);/q;+1/p-1. The number of aromatic nitrogens is 1. The second-order valence-electron chi connectivity index (χ2n) is 3.98. The molecule has 6 heteroatoms. The third-order valence-electron chi connectivity index (χ3n) is 2.82. The van der Waals surface area contributed by atoms with Crippen LogP contribution in [0.2, 0.25) is 0 Å². The van der Waals surface area contributed by atoms with Gasteiger partial charge in [-0.25, -0.2) is 0 Å². The summed E-state index contributed by atoms with van der Waals surface area (Å²) >= 11 is 0. The van der Waals surface area contributed by atoms with E-state index in [-0.39, 0.29) is 57.1 Å². The summed E-state index contributed by atoms with van der Waals surface area (Å²) in [5.74, 6) is -1.23. The fourth-order valence-corrected chi connectivity index (χ4v) is 1.79. The summed E-state index contributed by atoms with van der Waals surface area (Å²) in [6, 6.07) is 3.40. The molecule has 17 heavy (non-hydrogen) atoms. The number of carbonyl (C=O) groups excluding carboxylic acids is 1. The molecule has 2 rings (SSSR count). The number of carboxylic acids is 1. The fraction of sp³-hybridized carbons (Fsp3) is 0.455. The van der Waals surface area contributed by atoms with Gasteiger partial charge in [-0.2, -0.15) is 0 Å². The predicted molar refractivity (Wildman–Crippen MR) is 58.3 cm³/mol. The smallest absolute Gasteiger partial charge is 0.543 e. The fourth-order valence-electron chi connectivity index (χ4n) is 1.79. The van der Waals surface area contributed by atoms with Crippen molar-refractivity contribution in [3.8, 4) is 0 Å². The first-order valence-corrected chi connectivity index (χ1v) is 5.28. The van der Waals surface area contributed by atoms with Crippen molar-refractivity contribution in [2.45, 2.75) is 0 Å². The maximum absolute atomic E-state index is 10.7. The molecular formula is C11H14KN3O2. The molecule has 1 aliphatic rings. The van der Waals surface area contributed by atoms with E-state index in [1.807, 2.05) is 6.07 Å². The van der Waals surface area contributed by atoms with Gasteiger partial charge in [0, 0.05) is 38.1 Å². The van der Waals surface area contributed by atoms with Crippen LogP contribution in [0.15, 0.2) is 18.3 Å². The molecule has 0 bridgehead atoms. The van der Waals surface area contributed by atoms with E-state index in [0.29, 0.717) is 0 Å². The minimum absolute atomic E-state index is 0. The molecule has 0 amide bonds. The van der Waals surface area contributed by atoms with E-state index in [1.54, 1.807) is 6.07 Å². The molecular weight excluding hydrogens is 245 g/mol. The van der Waals surface area contributed by atoms with Crippen LogP contribution in [0.1, 0.15) is 10.5 Å². The Hall–Kier alpha value is 0.0164. The van der Waals surface area contributed by atoms with Crippen LogP contribution in [0.4, 0.5) is 5.69 Å². The van der Waals surface area contributed by atoms with Gasteiger partial charge in [-0.15, -0.1) is 0 Å². The van der Waals surface area contributed by atoms with Crippen molar-refractivity contribution in [2.75, 3.05) is 38.1 Å². The third-order valence-corrected chi connectivity index (χ3v) is 2.82. The average Bonchev–Trinajstić information content (AvgIpc) is 2.30. The van der Waals surface area contributed by atoms with Crippen LogP contribution >= 0.6 is 0 Å². The van der Waals surface area contributed by atoms with Crippen LogP contribution in [0.25, 0.3) is 0 Å². The Balaban J connectivity index is 0.00000144. The molecule has 1 fully saturated rings. The van der Waals surface area contributed by atoms with Crippen molar-refractivity contribution in [3.05, 3.63) is 24.0 Å². The van der Waals surface area contributed by atoms with Gasteiger partial charge in [0.1, 0.15) is 0 Å². The van der Waals surface area contributed by atoms with Crippen molar-refractivity contribution in [1.29, 1.82) is 0 Å². The average molecular weight is 259 g/mol. The van der Waals surface area contributed by atoms with Crippen molar-refractivity contribution in [3.63, 3.8) is 0 Å². The Bertz CT molecular complexity index is 392. The van der Waals surface area contributed by atoms with Crippen molar-refractivity contribution in [1.82, 2.24) is 9.88 Å². The molecule has 0 radical (unpaired) electrons. The molecule has 0 unspecified atom stereocenters. The molecule has 2 heterocycles. The number of hydrogen-bond donors (Lipinski definition) is 0. The largest absolute Gasteiger partial charge is 1.00 e. The Labute approximate surface area is 143 Å². The maximum Gasteiger partial charge on any atom is 1.00 e. The number of carbonyl (C=O) groups is 1. The van der Waals surface area contributed by atoms with Gasteiger partial charge in [-0.05, 0) is 19.2 Å². The van der Waals surface area contributed by atoms with Crippen molar-refractivity contribution in [2.24, 2.45) is 0 Å². The number of piperazine rings is 1. The zero-order chi connectivity index (χ0) is 11.5. The van der Waals surface area contributed by atoms with Gasteiger partial charge >= 0.3 is 51.4 Å². The second-order valence-corrected chi connectivity index (χ2v) is 3.98. The second kappa shape index (κ2) is 6.82. The summed E-state index contributed by atoms with van der Waals surface area (Å²) in [6.45, 7) is 3.80. The van der Waals surface area contributed by atoms with E-state index in [4.69, 9.17) is 0 Å². The van der Waals surface area contributed by atoms with E-state index < -0.39 is 5.97 Å². The maximum atomic E-state index is 10.7. The summed E-state index contributed by atoms with van der Waals surface area (Å²) in [7, 11) is 2.08. The number of nitrogens with zero attached hydrogens (tertiary/aromatic N) is 3. The number of hydrogen-bond acceptors (Lipinski definition) is 5. The zero-order valence-electron chi connectivity index (χ0n) is 10.2. The van der Waals surface area contributed by atoms with Gasteiger partial charge in [0.15, 0.2) is 0 Å². The van der Waals surface area contributed by atoms with E-state index in [1.165, 1.54) is 6.20 Å². The molecule has 1 aliphatic heterocycles. The SMILES string of the molecule is CN1CCN(c2ccnc(C(=O)[O-])c2)CC1.[K+]. The first kappa shape index (κ1) is 15.1. The minimum Gasteiger partial charge on any atom is -0.543 e. The Kier molecular flexibility index (Phi) is 6.05. The Morgan fingerprint density at radius 1 is 1.35 bits per heavy atom. The van der Waals surface area contributed by atoms with Crippen LogP contribution in [0, 0.1) is 0 Å². The number of aromatic carboxylic acids is 1. The molecule has 5 nitrogen and oxygen atoms in total. The molecule has 0 spiro atoms. The van der Waals surface area contributed by atoms with Gasteiger partial charge in [-0.1, -0.05) is 0 Å². The predicted octanol–water partition coefficient (Wildman–Crippen LogP) is -3.80. The van der Waals surface area contributed by atoms with Crippen LogP contribution in [-0.2, 0) is 0 Å². The van der Waals surface area contributed by atoms with E-state index >= 15 is 0 Å². The Morgan fingerprint density at radius 2 is 2.00 bits per heavy atom. The number of carboxylic acid groups (broad SMARTS) is 1. The summed E-state index contributed by atoms with van der Waals surface area (Å²) < 4.78 is 0. The van der Waals surface area contributed by atoms with Crippen LogP contribution in [-0.4, -0.2) is 49.1 Å². The zero-order valence-corrected chi connectivity index (χ0v) is 13.3. The van der Waals surface area contributed by atoms with Gasteiger partial charge in [0.25, 0.3) is 0 Å². The number of anilines is 1. The summed E-state index contributed by atoms with van der Waals surface area (Å²) in [5.41, 5.74) is 0.902. The summed E-state index contributed by atoms with van der Waals surface area (Å²) in [4.78, 5) is 18.8. The van der Waals surface area contributed by atoms with Crippen molar-refractivity contribution < 1.29 is 61.3 Å². The molecule has 0 aliphatic carbocycles. The monoisotopic (exact) mass is 259 g/mol. The molecule has 0 aromatic carbocycles. The first-order chi connectivity index (χ1) is 7.66. The normalized spacial score (nSPS) is 16.4. The third kappa shape index (κ3) is 4.01. The molecule has 1 aromatic heterocycles. The molecule has 86 valence electrons. The molecule has 0 saturated carbocycles. The van der Waals surface area contributed by atoms with Gasteiger partial charge in [0.05, 0.1) is 11.7 Å². The number of pyridine rings is 1. The van der Waals surface area contributed by atoms with Crippen LogP contribution in [0.5, 0.6) is 0 Å². The molecule has 0 N–H and O–H groups in total. The van der Waals surface area contributed by atoms with Gasteiger partial charge in [-0.3, -0.25) is 4.98 Å². The Morgan fingerprint density at radius 3 is 2.59 bits per heavy atom. The van der Waals surface area contributed by atoms with Crippen LogP contribution in [0.3, 0.4) is 0 Å². The molecule has 1 aromatic rings. The minimum atomic E-state index is -1.23. The van der Waals surface area contributed by atoms with Crippen LogP contribution < -0.4 is 61.4 Å². The summed E-state index contributed by atoms with van der Waals surface area (Å²) in [5, 5.41) is 10.7. The summed E-state index contributed by atoms with van der Waals surface area (Å²) in [6.07, 6.45) is 1.51. The number of rotatable bonds is 2. The quantitative estimate of drug-likeness (QED) is 0.510. The van der Waals surface area contributed by atoms with Gasteiger partial charge in [0.2, 0.25) is 0 Å². The van der Waals surface area contributed by atoms with E-state index in [9.17, 15) is 9.90 Å². The number of likely N-dealkylation sites (N-methyl/N-ethyl adjacent to an activating group) is 1. The first-order valence-electron chi connectivity index (χ1n) is 5.28.